The first-order valence-corrected chi connectivity index (χ1v) is 13.8. The molecule has 2 aliphatic heterocycles. The molecule has 0 radical (unpaired) electrons. The summed E-state index contributed by atoms with van der Waals surface area (Å²) in [5.41, 5.74) is 5.32. The molecule has 2 amide bonds. The van der Waals surface area contributed by atoms with Gasteiger partial charge in [0.05, 0.1) is 16.6 Å². The van der Waals surface area contributed by atoms with E-state index in [1.807, 2.05) is 80.6 Å². The fourth-order valence-electron chi connectivity index (χ4n) is 6.36. The summed E-state index contributed by atoms with van der Waals surface area (Å²) in [5.74, 6) is 0.316. The number of aryl methyl sites for hydroxylation is 2. The Bertz CT molecular complexity index is 1900. The van der Waals surface area contributed by atoms with Gasteiger partial charge in [-0.05, 0) is 50.1 Å². The van der Waals surface area contributed by atoms with E-state index < -0.39 is 6.04 Å². The lowest BCUT2D eigenvalue weighted by Gasteiger charge is -2.22. The number of hydrogen-bond acceptors (Lipinski definition) is 4. The maximum atomic E-state index is 13.4. The van der Waals surface area contributed by atoms with Gasteiger partial charge in [0.2, 0.25) is 5.91 Å². The molecule has 8 heteroatoms. The summed E-state index contributed by atoms with van der Waals surface area (Å²) in [6.07, 6.45) is 0.886. The van der Waals surface area contributed by atoms with Crippen molar-refractivity contribution in [2.24, 2.45) is 0 Å². The van der Waals surface area contributed by atoms with E-state index in [9.17, 15) is 14.4 Å². The van der Waals surface area contributed by atoms with Crippen LogP contribution in [0.15, 0.2) is 77.6 Å². The van der Waals surface area contributed by atoms with E-state index in [0.29, 0.717) is 36.2 Å². The second-order valence-electron chi connectivity index (χ2n) is 10.8. The smallest absolute Gasteiger partial charge is 0.261 e. The second-order valence-corrected chi connectivity index (χ2v) is 10.8. The Morgan fingerprint density at radius 3 is 2.52 bits per heavy atom. The Labute approximate surface area is 230 Å². The average molecular weight is 532 g/mol. The van der Waals surface area contributed by atoms with Crippen LogP contribution >= 0.6 is 0 Å². The van der Waals surface area contributed by atoms with Crippen LogP contribution in [0, 0.1) is 0 Å². The van der Waals surface area contributed by atoms with Crippen LogP contribution < -0.4 is 15.8 Å². The monoisotopic (exact) mass is 531 g/mol. The van der Waals surface area contributed by atoms with E-state index in [2.05, 4.69) is 16.0 Å². The van der Waals surface area contributed by atoms with Gasteiger partial charge in [0.25, 0.3) is 11.5 Å². The van der Waals surface area contributed by atoms with Crippen molar-refractivity contribution in [3.63, 3.8) is 0 Å². The highest BCUT2D eigenvalue weighted by atomic mass is 16.2. The number of fused-ring (bicyclic) bond motifs is 7. The molecule has 0 fully saturated rings. The average Bonchev–Trinajstić information content (AvgIpc) is 3.44. The minimum absolute atomic E-state index is 0.0135. The molecule has 0 aliphatic carbocycles. The molecule has 40 heavy (non-hydrogen) atoms. The fourth-order valence-corrected chi connectivity index (χ4v) is 6.36. The van der Waals surface area contributed by atoms with Crippen LogP contribution in [0.1, 0.15) is 37.4 Å². The molecule has 0 saturated heterocycles. The predicted octanol–water partition coefficient (Wildman–Crippen LogP) is 4.58. The Kier molecular flexibility index (Phi) is 5.59. The molecule has 1 atom stereocenters. The Hall–Kier alpha value is -4.72. The highest BCUT2D eigenvalue weighted by molar-refractivity contribution is 6.06. The third-order valence-electron chi connectivity index (χ3n) is 8.11. The van der Waals surface area contributed by atoms with Crippen molar-refractivity contribution in [3.8, 4) is 11.5 Å². The lowest BCUT2D eigenvalue weighted by atomic mass is 10.0. The van der Waals surface area contributed by atoms with Crippen LogP contribution in [0.2, 0.25) is 0 Å². The summed E-state index contributed by atoms with van der Waals surface area (Å²) in [6.45, 7) is 4.89. The van der Waals surface area contributed by atoms with Crippen molar-refractivity contribution >= 4 is 39.3 Å². The first kappa shape index (κ1) is 24.3. The molecular weight excluding hydrogens is 502 g/mol. The molecule has 0 bridgehead atoms. The number of nitrogens with zero attached hydrogens (tertiary/aromatic N) is 4. The van der Waals surface area contributed by atoms with E-state index in [1.54, 1.807) is 9.47 Å². The third kappa shape index (κ3) is 3.59. The Balaban J connectivity index is 1.24. The zero-order valence-electron chi connectivity index (χ0n) is 22.4. The highest BCUT2D eigenvalue weighted by Gasteiger charge is 2.39. The van der Waals surface area contributed by atoms with Gasteiger partial charge in [-0.15, -0.1) is 0 Å². The zero-order chi connectivity index (χ0) is 27.5. The number of carbonyl (C=O) groups excluding carboxylic acids is 2. The van der Waals surface area contributed by atoms with Crippen LogP contribution in [0.3, 0.4) is 0 Å². The lowest BCUT2D eigenvalue weighted by Crippen LogP contribution is -2.40. The normalized spacial score (nSPS) is 15.9. The van der Waals surface area contributed by atoms with E-state index in [-0.39, 0.29) is 29.8 Å². The van der Waals surface area contributed by atoms with Crippen molar-refractivity contribution in [2.45, 2.75) is 51.9 Å². The third-order valence-corrected chi connectivity index (χ3v) is 8.11. The summed E-state index contributed by atoms with van der Waals surface area (Å²) in [5, 5.41) is 4.71. The topological polar surface area (TPSA) is 89.2 Å². The summed E-state index contributed by atoms with van der Waals surface area (Å²) in [7, 11) is 0. The van der Waals surface area contributed by atoms with Gasteiger partial charge in [0.15, 0.2) is 5.82 Å². The number of carbonyl (C=O) groups is 2. The Morgan fingerprint density at radius 2 is 1.70 bits per heavy atom. The molecular formula is C32H29N5O3. The molecule has 2 aliphatic rings. The van der Waals surface area contributed by atoms with E-state index in [1.165, 1.54) is 0 Å². The molecule has 200 valence electrons. The van der Waals surface area contributed by atoms with Crippen molar-refractivity contribution < 1.29 is 9.59 Å². The van der Waals surface area contributed by atoms with Crippen LogP contribution in [0.25, 0.3) is 33.3 Å². The molecule has 0 spiro atoms. The van der Waals surface area contributed by atoms with Gasteiger partial charge in [-0.2, -0.15) is 0 Å². The highest BCUT2D eigenvalue weighted by Crippen LogP contribution is 2.38. The molecule has 3 aromatic carbocycles. The minimum atomic E-state index is -0.700. The summed E-state index contributed by atoms with van der Waals surface area (Å²) in [6, 6.07) is 22.5. The number of anilines is 1. The van der Waals surface area contributed by atoms with Gasteiger partial charge in [0, 0.05) is 47.7 Å². The number of benzene rings is 3. The number of hydrogen-bond donors (Lipinski definition) is 1. The van der Waals surface area contributed by atoms with Crippen LogP contribution in [0.4, 0.5) is 5.69 Å². The van der Waals surface area contributed by atoms with E-state index >= 15 is 0 Å². The fraction of sp³-hybridized carbons (Fsp3) is 0.250. The van der Waals surface area contributed by atoms with Crippen LogP contribution in [-0.2, 0) is 29.1 Å². The number of aromatic nitrogens is 3. The first-order valence-electron chi connectivity index (χ1n) is 13.8. The molecule has 0 unspecified atom stereocenters. The van der Waals surface area contributed by atoms with Gasteiger partial charge in [0.1, 0.15) is 6.04 Å². The molecule has 2 aromatic heterocycles. The largest absolute Gasteiger partial charge is 0.340 e. The summed E-state index contributed by atoms with van der Waals surface area (Å²) < 4.78 is 3.87. The van der Waals surface area contributed by atoms with E-state index in [4.69, 9.17) is 4.98 Å². The van der Waals surface area contributed by atoms with Crippen molar-refractivity contribution in [1.29, 1.82) is 0 Å². The van der Waals surface area contributed by atoms with Crippen LogP contribution in [0.5, 0.6) is 0 Å². The van der Waals surface area contributed by atoms with Crippen molar-refractivity contribution in [3.05, 3.63) is 94.3 Å². The standard InChI is InChI=1S/C32H29N5O3/c1-19(2)37-26-14-8-5-11-23(26)28(32(37)40)34-27(38)16-18-35-25-13-7-4-9-20(25)21-15-17-36-30(29(21)35)33-24-12-6-3-10-22(24)31(36)39/h3-14,19,28H,15-18H2,1-2H3,(H,34,38)/t28-/m1/s1. The van der Waals surface area contributed by atoms with Crippen molar-refractivity contribution in [1.82, 2.24) is 19.4 Å². The lowest BCUT2D eigenvalue weighted by molar-refractivity contribution is -0.127. The van der Waals surface area contributed by atoms with Crippen LogP contribution in [-0.4, -0.2) is 32.0 Å². The molecule has 5 aromatic rings. The number of amides is 2. The summed E-state index contributed by atoms with van der Waals surface area (Å²) >= 11 is 0. The quantitative estimate of drug-likeness (QED) is 0.360. The van der Waals surface area contributed by atoms with E-state index in [0.717, 1.165) is 33.4 Å². The zero-order valence-corrected chi connectivity index (χ0v) is 22.4. The van der Waals surface area contributed by atoms with Gasteiger partial charge >= 0.3 is 0 Å². The number of para-hydroxylation sites is 3. The Morgan fingerprint density at radius 1 is 0.975 bits per heavy atom. The predicted molar refractivity (Wildman–Crippen MR) is 155 cm³/mol. The maximum Gasteiger partial charge on any atom is 0.261 e. The van der Waals surface area contributed by atoms with Gasteiger partial charge in [-0.25, -0.2) is 4.98 Å². The minimum Gasteiger partial charge on any atom is -0.340 e. The van der Waals surface area contributed by atoms with Gasteiger partial charge in [-0.1, -0.05) is 48.5 Å². The first-order chi connectivity index (χ1) is 19.4. The maximum absolute atomic E-state index is 13.4. The SMILES string of the molecule is CC(C)N1C(=O)[C@H](NC(=O)CCn2c3c(c4ccccc42)CCn2c-3nc3ccccc3c2=O)c2ccccc21. The molecule has 8 nitrogen and oxygen atoms in total. The van der Waals surface area contributed by atoms with Gasteiger partial charge in [-0.3, -0.25) is 19.0 Å². The molecule has 4 heterocycles. The number of nitrogens with one attached hydrogen (secondary N) is 1. The van der Waals surface area contributed by atoms with Gasteiger partial charge < -0.3 is 14.8 Å². The molecule has 0 saturated carbocycles. The molecule has 1 N–H and O–H groups in total. The summed E-state index contributed by atoms with van der Waals surface area (Å²) in [4.78, 5) is 46.7. The molecule has 7 rings (SSSR count). The second kappa shape index (κ2) is 9.19. The number of rotatable bonds is 5. The van der Waals surface area contributed by atoms with Crippen molar-refractivity contribution in [2.75, 3.05) is 4.90 Å².